The molecule has 0 aliphatic carbocycles. The molecule has 27 heavy (non-hydrogen) atoms. The standard InChI is InChI=1S/C21H21Cl2NO3/c1-26-21-7-3-15(12-16(21)14-24-8-10-27-11-9-24)2-6-20(25)18-5-4-17(22)13-19(18)23/h2-7,12-13H,8-11,14H2,1H3/b6-2+. The highest BCUT2D eigenvalue weighted by Gasteiger charge is 2.14. The molecule has 3 rings (SSSR count). The molecule has 0 bridgehead atoms. The summed E-state index contributed by atoms with van der Waals surface area (Å²) in [6.07, 6.45) is 3.31. The van der Waals surface area contributed by atoms with Gasteiger partial charge in [0, 0.05) is 35.8 Å². The number of nitrogens with zero attached hydrogens (tertiary/aromatic N) is 1. The maximum Gasteiger partial charge on any atom is 0.187 e. The van der Waals surface area contributed by atoms with Crippen LogP contribution < -0.4 is 4.74 Å². The van der Waals surface area contributed by atoms with Crippen molar-refractivity contribution in [1.82, 2.24) is 4.90 Å². The molecule has 2 aromatic rings. The van der Waals surface area contributed by atoms with Gasteiger partial charge < -0.3 is 9.47 Å². The first-order valence-corrected chi connectivity index (χ1v) is 9.47. The Morgan fingerprint density at radius 1 is 1.19 bits per heavy atom. The highest BCUT2D eigenvalue weighted by atomic mass is 35.5. The molecular weight excluding hydrogens is 385 g/mol. The van der Waals surface area contributed by atoms with Gasteiger partial charge in [0.25, 0.3) is 0 Å². The fourth-order valence-corrected chi connectivity index (χ4v) is 3.48. The van der Waals surface area contributed by atoms with Gasteiger partial charge in [0.2, 0.25) is 0 Å². The van der Waals surface area contributed by atoms with E-state index in [-0.39, 0.29) is 5.78 Å². The Kier molecular flexibility index (Phi) is 6.91. The molecule has 4 nitrogen and oxygen atoms in total. The number of hydrogen-bond acceptors (Lipinski definition) is 4. The van der Waals surface area contributed by atoms with Gasteiger partial charge in [-0.1, -0.05) is 35.3 Å². The van der Waals surface area contributed by atoms with Crippen LogP contribution in [-0.4, -0.2) is 44.1 Å². The fraction of sp³-hybridized carbons (Fsp3) is 0.286. The van der Waals surface area contributed by atoms with E-state index in [1.54, 1.807) is 31.4 Å². The normalized spacial score (nSPS) is 15.2. The van der Waals surface area contributed by atoms with Crippen LogP contribution in [-0.2, 0) is 11.3 Å². The Morgan fingerprint density at radius 3 is 2.67 bits per heavy atom. The molecule has 0 radical (unpaired) electrons. The fourth-order valence-electron chi connectivity index (χ4n) is 2.98. The second kappa shape index (κ2) is 9.38. The second-order valence-corrected chi connectivity index (χ2v) is 7.13. The Labute approximate surface area is 169 Å². The van der Waals surface area contributed by atoms with Crippen molar-refractivity contribution in [3.8, 4) is 5.75 Å². The number of methoxy groups -OCH3 is 1. The number of halogens is 2. The molecule has 0 atom stereocenters. The highest BCUT2D eigenvalue weighted by molar-refractivity contribution is 6.37. The first-order valence-electron chi connectivity index (χ1n) is 8.71. The van der Waals surface area contributed by atoms with E-state index in [4.69, 9.17) is 32.7 Å². The van der Waals surface area contributed by atoms with Crippen LogP contribution in [0.4, 0.5) is 0 Å². The van der Waals surface area contributed by atoms with Crippen LogP contribution >= 0.6 is 23.2 Å². The Morgan fingerprint density at radius 2 is 1.96 bits per heavy atom. The van der Waals surface area contributed by atoms with Gasteiger partial charge in [-0.3, -0.25) is 9.69 Å². The lowest BCUT2D eigenvalue weighted by Gasteiger charge is -2.27. The van der Waals surface area contributed by atoms with Crippen LogP contribution in [0.15, 0.2) is 42.5 Å². The van der Waals surface area contributed by atoms with Crippen molar-refractivity contribution in [2.45, 2.75) is 6.54 Å². The molecule has 0 N–H and O–H groups in total. The van der Waals surface area contributed by atoms with Gasteiger partial charge in [-0.15, -0.1) is 0 Å². The minimum Gasteiger partial charge on any atom is -0.496 e. The Balaban J connectivity index is 1.76. The van der Waals surface area contributed by atoms with Crippen molar-refractivity contribution < 1.29 is 14.3 Å². The van der Waals surface area contributed by atoms with Crippen LogP contribution in [0, 0.1) is 0 Å². The van der Waals surface area contributed by atoms with E-state index < -0.39 is 0 Å². The van der Waals surface area contributed by atoms with Crippen LogP contribution in [0.5, 0.6) is 5.75 Å². The summed E-state index contributed by atoms with van der Waals surface area (Å²) in [5.74, 6) is 0.674. The van der Waals surface area contributed by atoms with E-state index in [9.17, 15) is 4.79 Å². The maximum absolute atomic E-state index is 12.4. The molecule has 142 valence electrons. The number of benzene rings is 2. The molecule has 0 aromatic heterocycles. The van der Waals surface area contributed by atoms with Crippen LogP contribution in [0.1, 0.15) is 21.5 Å². The SMILES string of the molecule is COc1ccc(/C=C/C(=O)c2ccc(Cl)cc2Cl)cc1CN1CCOCC1. The second-order valence-electron chi connectivity index (χ2n) is 6.28. The lowest BCUT2D eigenvalue weighted by molar-refractivity contribution is 0.0339. The molecule has 1 aliphatic rings. The largest absolute Gasteiger partial charge is 0.496 e. The van der Waals surface area contributed by atoms with Gasteiger partial charge in [-0.2, -0.15) is 0 Å². The molecular formula is C21H21Cl2NO3. The number of morpholine rings is 1. The van der Waals surface area contributed by atoms with Crippen molar-refractivity contribution in [2.24, 2.45) is 0 Å². The number of ketones is 1. The minimum atomic E-state index is -0.165. The minimum absolute atomic E-state index is 0.165. The Bertz CT molecular complexity index is 845. The summed E-state index contributed by atoms with van der Waals surface area (Å²) in [6.45, 7) is 4.08. The van der Waals surface area contributed by atoms with E-state index in [1.165, 1.54) is 6.08 Å². The third-order valence-corrected chi connectivity index (χ3v) is 4.97. The monoisotopic (exact) mass is 405 g/mol. The van der Waals surface area contributed by atoms with E-state index in [0.29, 0.717) is 15.6 Å². The quantitative estimate of drug-likeness (QED) is 0.514. The number of rotatable bonds is 6. The first kappa shape index (κ1) is 19.9. The molecule has 0 unspecified atom stereocenters. The molecule has 1 heterocycles. The summed E-state index contributed by atoms with van der Waals surface area (Å²) >= 11 is 12.0. The summed E-state index contributed by atoms with van der Waals surface area (Å²) in [4.78, 5) is 14.7. The zero-order valence-corrected chi connectivity index (χ0v) is 16.6. The average molecular weight is 406 g/mol. The molecule has 0 amide bonds. The predicted octanol–water partition coefficient (Wildman–Crippen LogP) is 4.73. The van der Waals surface area contributed by atoms with E-state index >= 15 is 0 Å². The lowest BCUT2D eigenvalue weighted by Crippen LogP contribution is -2.35. The van der Waals surface area contributed by atoms with Crippen molar-refractivity contribution in [1.29, 1.82) is 0 Å². The summed E-state index contributed by atoms with van der Waals surface area (Å²) < 4.78 is 10.9. The topological polar surface area (TPSA) is 38.8 Å². The predicted molar refractivity (Wildman–Crippen MR) is 109 cm³/mol. The third-order valence-electron chi connectivity index (χ3n) is 4.43. The lowest BCUT2D eigenvalue weighted by atomic mass is 10.1. The average Bonchev–Trinajstić information content (AvgIpc) is 2.67. The van der Waals surface area contributed by atoms with Gasteiger partial charge >= 0.3 is 0 Å². The van der Waals surface area contributed by atoms with Crippen LogP contribution in [0.2, 0.25) is 10.0 Å². The van der Waals surface area contributed by atoms with Crippen molar-refractivity contribution >= 4 is 35.1 Å². The molecule has 6 heteroatoms. The first-order chi connectivity index (χ1) is 13.1. The smallest absolute Gasteiger partial charge is 0.187 e. The molecule has 2 aromatic carbocycles. The number of allylic oxidation sites excluding steroid dienone is 1. The zero-order chi connectivity index (χ0) is 19.2. The van der Waals surface area contributed by atoms with Gasteiger partial charge in [0.05, 0.1) is 25.3 Å². The van der Waals surface area contributed by atoms with Gasteiger partial charge in [-0.25, -0.2) is 0 Å². The number of carbonyl (C=O) groups excluding carboxylic acids is 1. The number of carbonyl (C=O) groups is 1. The molecule has 0 saturated carbocycles. The van der Waals surface area contributed by atoms with Crippen molar-refractivity contribution in [2.75, 3.05) is 33.4 Å². The van der Waals surface area contributed by atoms with E-state index in [2.05, 4.69) is 4.90 Å². The summed E-state index contributed by atoms with van der Waals surface area (Å²) in [7, 11) is 1.67. The third kappa shape index (κ3) is 5.33. The summed E-state index contributed by atoms with van der Waals surface area (Å²) in [6, 6.07) is 10.8. The number of ether oxygens (including phenoxy) is 2. The van der Waals surface area contributed by atoms with Crippen LogP contribution in [0.25, 0.3) is 6.08 Å². The molecule has 1 fully saturated rings. The van der Waals surface area contributed by atoms with E-state index in [0.717, 1.165) is 49.7 Å². The Hall–Kier alpha value is -1.85. The van der Waals surface area contributed by atoms with Gasteiger partial charge in [-0.05, 0) is 42.0 Å². The molecule has 0 spiro atoms. The van der Waals surface area contributed by atoms with Crippen LogP contribution in [0.3, 0.4) is 0 Å². The number of hydrogen-bond donors (Lipinski definition) is 0. The van der Waals surface area contributed by atoms with Crippen molar-refractivity contribution in [3.63, 3.8) is 0 Å². The summed E-state index contributed by atoms with van der Waals surface area (Å²) in [5.41, 5.74) is 2.44. The summed E-state index contributed by atoms with van der Waals surface area (Å²) in [5, 5.41) is 0.850. The molecule has 1 aliphatic heterocycles. The maximum atomic E-state index is 12.4. The van der Waals surface area contributed by atoms with Gasteiger partial charge in [0.1, 0.15) is 5.75 Å². The zero-order valence-electron chi connectivity index (χ0n) is 15.1. The van der Waals surface area contributed by atoms with E-state index in [1.807, 2.05) is 18.2 Å². The van der Waals surface area contributed by atoms with Crippen molar-refractivity contribution in [3.05, 3.63) is 69.2 Å². The molecule has 1 saturated heterocycles. The van der Waals surface area contributed by atoms with Gasteiger partial charge in [0.15, 0.2) is 5.78 Å². The highest BCUT2D eigenvalue weighted by Crippen LogP contribution is 2.24.